The van der Waals surface area contributed by atoms with Crippen LogP contribution in [0.4, 0.5) is 0 Å². The first-order valence-electron chi connectivity index (χ1n) is 10.8. The third kappa shape index (κ3) is 5.31. The highest BCUT2D eigenvalue weighted by Gasteiger charge is 2.34. The number of likely N-dealkylation sites (tertiary alicyclic amines) is 1. The number of H-pyrrole nitrogens is 1. The molecule has 3 heterocycles. The van der Waals surface area contributed by atoms with E-state index >= 15 is 0 Å². The van der Waals surface area contributed by atoms with Crippen LogP contribution in [0.15, 0.2) is 6.07 Å². The molecule has 2 aliphatic rings. The maximum absolute atomic E-state index is 9.62. The fourth-order valence-electron chi connectivity index (χ4n) is 4.70. The number of piperazine rings is 1. The van der Waals surface area contributed by atoms with Gasteiger partial charge in [-0.15, -0.1) is 0 Å². The Hall–Kier alpha value is -0.950. The Morgan fingerprint density at radius 1 is 1.15 bits per heavy atom. The van der Waals surface area contributed by atoms with Crippen LogP contribution in [-0.4, -0.2) is 87.5 Å². The van der Waals surface area contributed by atoms with E-state index in [0.29, 0.717) is 24.0 Å². The first kappa shape index (κ1) is 20.8. The summed E-state index contributed by atoms with van der Waals surface area (Å²) in [5.41, 5.74) is 2.35. The summed E-state index contributed by atoms with van der Waals surface area (Å²) in [7, 11) is 0. The highest BCUT2D eigenvalue weighted by atomic mass is 16.3. The van der Waals surface area contributed by atoms with Crippen molar-refractivity contribution in [1.29, 1.82) is 0 Å². The molecule has 0 aromatic carbocycles. The second-order valence-electron chi connectivity index (χ2n) is 8.97. The number of hydrogen-bond acceptors (Lipinski definition) is 5. The van der Waals surface area contributed by atoms with Gasteiger partial charge in [0.25, 0.3) is 0 Å². The number of nitrogens with zero attached hydrogens (tertiary/aromatic N) is 4. The molecule has 0 radical (unpaired) electrons. The second kappa shape index (κ2) is 9.50. The van der Waals surface area contributed by atoms with Crippen molar-refractivity contribution in [2.45, 2.75) is 77.5 Å². The van der Waals surface area contributed by atoms with E-state index in [0.717, 1.165) is 38.3 Å². The lowest BCUT2D eigenvalue weighted by Crippen LogP contribution is -2.58. The maximum Gasteiger partial charge on any atom is 0.0650 e. The lowest BCUT2D eigenvalue weighted by Gasteiger charge is -2.48. The summed E-state index contributed by atoms with van der Waals surface area (Å²) >= 11 is 0. The van der Waals surface area contributed by atoms with Gasteiger partial charge in [0.15, 0.2) is 0 Å². The van der Waals surface area contributed by atoms with Gasteiger partial charge in [0, 0.05) is 56.6 Å². The minimum Gasteiger partial charge on any atom is -0.396 e. The quantitative estimate of drug-likeness (QED) is 0.763. The molecule has 2 aliphatic heterocycles. The molecule has 1 aromatic rings. The molecule has 0 saturated carbocycles. The van der Waals surface area contributed by atoms with E-state index in [1.165, 1.54) is 31.6 Å². The van der Waals surface area contributed by atoms with Gasteiger partial charge in [-0.1, -0.05) is 13.8 Å². The molecule has 6 heteroatoms. The molecule has 0 unspecified atom stereocenters. The minimum absolute atomic E-state index is 0.279. The molecule has 0 aliphatic carbocycles. The predicted molar refractivity (Wildman–Crippen MR) is 110 cm³/mol. The van der Waals surface area contributed by atoms with E-state index in [-0.39, 0.29) is 6.61 Å². The Bertz CT molecular complexity index is 565. The number of piperidine rings is 1. The number of aliphatic hydroxyl groups is 1. The largest absolute Gasteiger partial charge is 0.396 e. The van der Waals surface area contributed by atoms with E-state index in [4.69, 9.17) is 0 Å². The average molecular weight is 378 g/mol. The third-order valence-corrected chi connectivity index (χ3v) is 6.41. The molecule has 27 heavy (non-hydrogen) atoms. The van der Waals surface area contributed by atoms with Gasteiger partial charge in [0.05, 0.1) is 5.69 Å². The SMILES string of the molecule is CC(C)c1cc(CN2CCN(C3CCN(C(C)C)CC3)[C@H](CCO)C2)[nH]n1. The molecule has 1 aromatic heterocycles. The summed E-state index contributed by atoms with van der Waals surface area (Å²) < 4.78 is 0. The van der Waals surface area contributed by atoms with Crippen LogP contribution in [0, 0.1) is 0 Å². The summed E-state index contributed by atoms with van der Waals surface area (Å²) in [6.45, 7) is 15.8. The van der Waals surface area contributed by atoms with E-state index in [1.807, 2.05) is 0 Å². The van der Waals surface area contributed by atoms with Crippen LogP contribution in [0.25, 0.3) is 0 Å². The first-order chi connectivity index (χ1) is 13.0. The number of aromatic nitrogens is 2. The number of hydrogen-bond donors (Lipinski definition) is 2. The fraction of sp³-hybridized carbons (Fsp3) is 0.857. The van der Waals surface area contributed by atoms with Crippen molar-refractivity contribution < 1.29 is 5.11 Å². The van der Waals surface area contributed by atoms with Crippen molar-refractivity contribution in [3.05, 3.63) is 17.5 Å². The van der Waals surface area contributed by atoms with Gasteiger partial charge in [-0.3, -0.25) is 14.9 Å². The molecule has 0 bridgehead atoms. The Kier molecular flexibility index (Phi) is 7.31. The molecule has 2 N–H and O–H groups in total. The summed E-state index contributed by atoms with van der Waals surface area (Å²) in [6.07, 6.45) is 3.40. The maximum atomic E-state index is 9.62. The zero-order valence-electron chi connectivity index (χ0n) is 17.7. The van der Waals surface area contributed by atoms with Crippen LogP contribution in [0.3, 0.4) is 0 Å². The highest BCUT2D eigenvalue weighted by Crippen LogP contribution is 2.25. The van der Waals surface area contributed by atoms with Crippen LogP contribution >= 0.6 is 0 Å². The van der Waals surface area contributed by atoms with Gasteiger partial charge >= 0.3 is 0 Å². The third-order valence-electron chi connectivity index (χ3n) is 6.41. The fourth-order valence-corrected chi connectivity index (χ4v) is 4.70. The number of rotatable bonds is 7. The summed E-state index contributed by atoms with van der Waals surface area (Å²) in [5.74, 6) is 0.464. The average Bonchev–Trinajstić information content (AvgIpc) is 3.11. The van der Waals surface area contributed by atoms with Gasteiger partial charge in [-0.2, -0.15) is 5.10 Å². The Morgan fingerprint density at radius 3 is 2.48 bits per heavy atom. The van der Waals surface area contributed by atoms with Crippen molar-refractivity contribution in [2.24, 2.45) is 0 Å². The second-order valence-corrected chi connectivity index (χ2v) is 8.97. The van der Waals surface area contributed by atoms with Crippen molar-refractivity contribution in [3.8, 4) is 0 Å². The minimum atomic E-state index is 0.279. The van der Waals surface area contributed by atoms with Crippen LogP contribution < -0.4 is 0 Å². The van der Waals surface area contributed by atoms with E-state index < -0.39 is 0 Å². The molecule has 154 valence electrons. The zero-order valence-corrected chi connectivity index (χ0v) is 17.7. The van der Waals surface area contributed by atoms with Crippen molar-refractivity contribution >= 4 is 0 Å². The van der Waals surface area contributed by atoms with Gasteiger partial charge in [-0.05, 0) is 58.2 Å². The van der Waals surface area contributed by atoms with Gasteiger partial charge in [0.1, 0.15) is 0 Å². The number of nitrogens with one attached hydrogen (secondary N) is 1. The van der Waals surface area contributed by atoms with Crippen LogP contribution in [0.5, 0.6) is 0 Å². The van der Waals surface area contributed by atoms with Crippen molar-refractivity contribution in [3.63, 3.8) is 0 Å². The van der Waals surface area contributed by atoms with Gasteiger partial charge in [0.2, 0.25) is 0 Å². The molecule has 0 amide bonds. The molecular weight excluding hydrogens is 338 g/mol. The summed E-state index contributed by atoms with van der Waals surface area (Å²) in [6, 6.07) is 4.01. The molecule has 0 spiro atoms. The zero-order chi connectivity index (χ0) is 19.4. The summed E-state index contributed by atoms with van der Waals surface area (Å²) in [5, 5.41) is 17.3. The smallest absolute Gasteiger partial charge is 0.0650 e. The number of aromatic amines is 1. The highest BCUT2D eigenvalue weighted by molar-refractivity contribution is 5.12. The van der Waals surface area contributed by atoms with Crippen molar-refractivity contribution in [1.82, 2.24) is 24.9 Å². The lowest BCUT2D eigenvalue weighted by molar-refractivity contribution is -0.000342. The van der Waals surface area contributed by atoms with Crippen LogP contribution in [0.1, 0.15) is 64.3 Å². The van der Waals surface area contributed by atoms with Gasteiger partial charge < -0.3 is 10.0 Å². The molecule has 6 nitrogen and oxygen atoms in total. The standard InChI is InChI=1S/C21H39N5O/c1-16(2)21-13-18(22-23-21)14-24-10-11-26(20(15-24)7-12-27)19-5-8-25(9-6-19)17(3)4/h13,16-17,19-20,27H,5-12,14-15H2,1-4H3,(H,22,23)/t20-/m1/s1. The Balaban J connectivity index is 1.56. The van der Waals surface area contributed by atoms with E-state index in [1.54, 1.807) is 0 Å². The monoisotopic (exact) mass is 377 g/mol. The van der Waals surface area contributed by atoms with E-state index in [2.05, 4.69) is 58.7 Å². The topological polar surface area (TPSA) is 58.6 Å². The molecular formula is C21H39N5O. The Morgan fingerprint density at radius 2 is 1.89 bits per heavy atom. The lowest BCUT2D eigenvalue weighted by atomic mass is 9.97. The summed E-state index contributed by atoms with van der Waals surface area (Å²) in [4.78, 5) is 7.83. The number of aliphatic hydroxyl groups excluding tert-OH is 1. The predicted octanol–water partition coefficient (Wildman–Crippen LogP) is 2.27. The Labute approximate surface area is 164 Å². The van der Waals surface area contributed by atoms with Crippen molar-refractivity contribution in [2.75, 3.05) is 39.3 Å². The molecule has 2 saturated heterocycles. The van der Waals surface area contributed by atoms with Crippen LogP contribution in [-0.2, 0) is 6.54 Å². The van der Waals surface area contributed by atoms with Gasteiger partial charge in [-0.25, -0.2) is 0 Å². The van der Waals surface area contributed by atoms with Crippen LogP contribution in [0.2, 0.25) is 0 Å². The first-order valence-corrected chi connectivity index (χ1v) is 10.8. The van der Waals surface area contributed by atoms with E-state index in [9.17, 15) is 5.11 Å². The normalized spacial score (nSPS) is 24.3. The molecule has 1 atom stereocenters. The molecule has 2 fully saturated rings. The molecule has 3 rings (SSSR count).